The summed E-state index contributed by atoms with van der Waals surface area (Å²) in [5, 5.41) is 10.9. The number of nitrogens with zero attached hydrogens (tertiary/aromatic N) is 3. The van der Waals surface area contributed by atoms with Crippen LogP contribution in [-0.2, 0) is 17.6 Å². The molecule has 1 amide bonds. The lowest BCUT2D eigenvalue weighted by Gasteiger charge is -2.25. The largest absolute Gasteiger partial charge is 0.280 e. The van der Waals surface area contributed by atoms with Gasteiger partial charge in [0.25, 0.3) is 0 Å². The van der Waals surface area contributed by atoms with Crippen molar-refractivity contribution < 1.29 is 4.79 Å². The van der Waals surface area contributed by atoms with E-state index in [4.69, 9.17) is 16.6 Å². The van der Waals surface area contributed by atoms with Gasteiger partial charge in [0.05, 0.1) is 22.6 Å². The van der Waals surface area contributed by atoms with Crippen molar-refractivity contribution in [1.29, 1.82) is 5.26 Å². The summed E-state index contributed by atoms with van der Waals surface area (Å²) in [7, 11) is 0. The number of hydrogen-bond donors (Lipinski definition) is 0. The molecular weight excluding hydrogens is 474 g/mol. The van der Waals surface area contributed by atoms with Gasteiger partial charge in [-0.05, 0) is 60.4 Å². The van der Waals surface area contributed by atoms with E-state index in [1.807, 2.05) is 71.6 Å². The van der Waals surface area contributed by atoms with Crippen LogP contribution in [-0.4, -0.2) is 16.6 Å². The highest BCUT2D eigenvalue weighted by Gasteiger charge is 2.25. The second-order valence-corrected chi connectivity index (χ2v) is 9.77. The van der Waals surface area contributed by atoms with E-state index in [2.05, 4.69) is 18.2 Å². The number of pyridine rings is 1. The van der Waals surface area contributed by atoms with Crippen LogP contribution in [0.1, 0.15) is 23.1 Å². The summed E-state index contributed by atoms with van der Waals surface area (Å²) in [6.45, 7) is 0. The van der Waals surface area contributed by atoms with Crippen molar-refractivity contribution in [3.8, 4) is 17.3 Å². The first kappa shape index (κ1) is 23.2. The molecule has 6 heteroatoms. The van der Waals surface area contributed by atoms with Crippen LogP contribution in [0.4, 0.5) is 11.4 Å². The Bertz CT molecular complexity index is 1380. The molecule has 0 saturated carbocycles. The number of amides is 1. The number of halogens is 1. The Morgan fingerprint density at radius 3 is 2.17 bits per heavy atom. The van der Waals surface area contributed by atoms with Crippen molar-refractivity contribution in [1.82, 2.24) is 4.98 Å². The van der Waals surface area contributed by atoms with E-state index in [9.17, 15) is 10.1 Å². The van der Waals surface area contributed by atoms with Gasteiger partial charge in [0.2, 0.25) is 5.91 Å². The Morgan fingerprint density at radius 2 is 1.54 bits per heavy atom. The smallest absolute Gasteiger partial charge is 0.232 e. The fraction of sp³-hybridized carbons (Fsp3) is 0.138. The van der Waals surface area contributed by atoms with Crippen LogP contribution >= 0.6 is 23.4 Å². The number of hydrogen-bond acceptors (Lipinski definition) is 4. The molecule has 0 aliphatic carbocycles. The molecule has 4 nitrogen and oxygen atoms in total. The SMILES string of the molecule is N#Cc1ccc(-c2ccc(Cl)cc2)nc1SCCC(=O)N1c2ccccc2CCc2ccccc21. The quantitative estimate of drug-likeness (QED) is 0.274. The molecule has 1 aromatic heterocycles. The van der Waals surface area contributed by atoms with Crippen LogP contribution in [0.25, 0.3) is 11.3 Å². The van der Waals surface area contributed by atoms with Crippen LogP contribution in [0.5, 0.6) is 0 Å². The zero-order valence-corrected chi connectivity index (χ0v) is 20.5. The molecule has 0 fully saturated rings. The molecule has 1 aliphatic rings. The second-order valence-electron chi connectivity index (χ2n) is 8.25. The third-order valence-electron chi connectivity index (χ3n) is 6.05. The molecule has 35 heavy (non-hydrogen) atoms. The number of benzene rings is 3. The molecule has 0 radical (unpaired) electrons. The van der Waals surface area contributed by atoms with Gasteiger partial charge >= 0.3 is 0 Å². The molecule has 0 unspecified atom stereocenters. The fourth-order valence-electron chi connectivity index (χ4n) is 4.31. The maximum absolute atomic E-state index is 13.6. The van der Waals surface area contributed by atoms with Crippen LogP contribution in [0.3, 0.4) is 0 Å². The summed E-state index contributed by atoms with van der Waals surface area (Å²) >= 11 is 7.45. The van der Waals surface area contributed by atoms with E-state index in [-0.39, 0.29) is 5.91 Å². The highest BCUT2D eigenvalue weighted by molar-refractivity contribution is 7.99. The number of fused-ring (bicyclic) bond motifs is 2. The van der Waals surface area contributed by atoms with Crippen molar-refractivity contribution in [2.75, 3.05) is 10.7 Å². The van der Waals surface area contributed by atoms with E-state index < -0.39 is 0 Å². The maximum Gasteiger partial charge on any atom is 0.232 e. The molecule has 3 aromatic carbocycles. The van der Waals surface area contributed by atoms with Gasteiger partial charge in [-0.2, -0.15) is 5.26 Å². The Balaban J connectivity index is 1.37. The van der Waals surface area contributed by atoms with Crippen molar-refractivity contribution in [2.45, 2.75) is 24.3 Å². The average molecular weight is 496 g/mol. The van der Waals surface area contributed by atoms with Gasteiger partial charge in [0.15, 0.2) is 0 Å². The lowest BCUT2D eigenvalue weighted by molar-refractivity contribution is -0.117. The van der Waals surface area contributed by atoms with Crippen LogP contribution < -0.4 is 4.90 Å². The Morgan fingerprint density at radius 1 is 0.914 bits per heavy atom. The first-order valence-corrected chi connectivity index (χ1v) is 12.8. The minimum Gasteiger partial charge on any atom is -0.280 e. The zero-order valence-electron chi connectivity index (χ0n) is 18.9. The van der Waals surface area contributed by atoms with E-state index in [0.29, 0.717) is 27.8 Å². The molecule has 0 saturated heterocycles. The number of thioether (sulfide) groups is 1. The molecule has 1 aliphatic heterocycles. The van der Waals surface area contributed by atoms with Crippen molar-refractivity contribution in [3.05, 3.63) is 107 Å². The third kappa shape index (κ3) is 4.95. The Kier molecular flexibility index (Phi) is 6.85. The van der Waals surface area contributed by atoms with Gasteiger partial charge in [0.1, 0.15) is 11.1 Å². The van der Waals surface area contributed by atoms with Crippen LogP contribution in [0.2, 0.25) is 5.02 Å². The lowest BCUT2D eigenvalue weighted by Crippen LogP contribution is -2.27. The number of carbonyl (C=O) groups excluding carboxylic acids is 1. The normalized spacial score (nSPS) is 12.3. The van der Waals surface area contributed by atoms with Crippen LogP contribution in [0.15, 0.2) is 90.0 Å². The molecule has 4 aromatic rings. The molecule has 172 valence electrons. The van der Waals surface area contributed by atoms with Gasteiger partial charge in [-0.15, -0.1) is 11.8 Å². The average Bonchev–Trinajstić information content (AvgIpc) is 3.06. The van der Waals surface area contributed by atoms with Gasteiger partial charge in [0, 0.05) is 22.8 Å². The first-order chi connectivity index (χ1) is 17.1. The molecule has 0 N–H and O–H groups in total. The van der Waals surface area contributed by atoms with E-state index in [1.165, 1.54) is 22.9 Å². The molecule has 0 atom stereocenters. The van der Waals surface area contributed by atoms with Crippen molar-refractivity contribution >= 4 is 40.6 Å². The predicted molar refractivity (Wildman–Crippen MR) is 142 cm³/mol. The highest BCUT2D eigenvalue weighted by Crippen LogP contribution is 2.37. The number of carbonyl (C=O) groups is 1. The molecule has 2 heterocycles. The first-order valence-electron chi connectivity index (χ1n) is 11.4. The molecular formula is C29H22ClN3OS. The van der Waals surface area contributed by atoms with E-state index in [1.54, 1.807) is 6.07 Å². The van der Waals surface area contributed by atoms with Gasteiger partial charge in [-0.25, -0.2) is 4.98 Å². The highest BCUT2D eigenvalue weighted by atomic mass is 35.5. The number of aromatic nitrogens is 1. The van der Waals surface area contributed by atoms with Crippen molar-refractivity contribution in [3.63, 3.8) is 0 Å². The van der Waals surface area contributed by atoms with E-state index in [0.717, 1.165) is 35.5 Å². The van der Waals surface area contributed by atoms with E-state index >= 15 is 0 Å². The van der Waals surface area contributed by atoms with Crippen molar-refractivity contribution in [2.24, 2.45) is 0 Å². The van der Waals surface area contributed by atoms with Gasteiger partial charge in [-0.3, -0.25) is 9.69 Å². The number of aryl methyl sites for hydroxylation is 2. The number of rotatable bonds is 5. The van der Waals surface area contributed by atoms with Crippen LogP contribution in [0, 0.1) is 11.3 Å². The second kappa shape index (κ2) is 10.4. The number of anilines is 2. The summed E-state index contributed by atoms with van der Waals surface area (Å²) < 4.78 is 0. The summed E-state index contributed by atoms with van der Waals surface area (Å²) in [5.41, 5.74) is 6.45. The minimum atomic E-state index is 0.0339. The molecule has 0 bridgehead atoms. The molecule has 0 spiro atoms. The summed E-state index contributed by atoms with van der Waals surface area (Å²) in [4.78, 5) is 20.1. The monoisotopic (exact) mass is 495 g/mol. The maximum atomic E-state index is 13.6. The summed E-state index contributed by atoms with van der Waals surface area (Å²) in [6, 6.07) is 29.5. The zero-order chi connectivity index (χ0) is 24.2. The van der Waals surface area contributed by atoms with Gasteiger partial charge in [-0.1, -0.05) is 60.1 Å². The topological polar surface area (TPSA) is 57.0 Å². The molecule has 5 rings (SSSR count). The minimum absolute atomic E-state index is 0.0339. The number of para-hydroxylation sites is 2. The third-order valence-corrected chi connectivity index (χ3v) is 7.30. The summed E-state index contributed by atoms with van der Waals surface area (Å²) in [6.07, 6.45) is 2.13. The predicted octanol–water partition coefficient (Wildman–Crippen LogP) is 7.22. The Labute approximate surface area is 214 Å². The van der Waals surface area contributed by atoms with Gasteiger partial charge < -0.3 is 0 Å². The lowest BCUT2D eigenvalue weighted by atomic mass is 10.0. The fourth-order valence-corrected chi connectivity index (χ4v) is 5.34. The Hall–Kier alpha value is -3.59. The summed E-state index contributed by atoms with van der Waals surface area (Å²) in [5.74, 6) is 0.553. The number of nitriles is 1. The standard InChI is InChI=1S/C29H22ClN3OS/c30-24-14-11-20(12-15-24)25-16-13-23(19-31)29(32-25)35-18-17-28(34)33-26-7-3-1-5-21(26)9-10-22-6-2-4-8-27(22)33/h1-8,11-16H,9-10,17-18H2.